The second-order valence-corrected chi connectivity index (χ2v) is 8.39. The van der Waals surface area contributed by atoms with Gasteiger partial charge in [-0.25, -0.2) is 9.18 Å². The summed E-state index contributed by atoms with van der Waals surface area (Å²) in [6.07, 6.45) is 3.70. The number of nitrogens with zero attached hydrogens (tertiary/aromatic N) is 2. The van der Waals surface area contributed by atoms with E-state index >= 15 is 0 Å². The summed E-state index contributed by atoms with van der Waals surface area (Å²) in [4.78, 5) is 16.7. The Hall–Kier alpha value is -3.03. The van der Waals surface area contributed by atoms with Crippen LogP contribution in [0.5, 0.6) is 0 Å². The Balaban J connectivity index is 1.68. The van der Waals surface area contributed by atoms with E-state index in [-0.39, 0.29) is 5.82 Å². The summed E-state index contributed by atoms with van der Waals surface area (Å²) >= 11 is 0. The van der Waals surface area contributed by atoms with E-state index in [0.29, 0.717) is 42.8 Å². The summed E-state index contributed by atoms with van der Waals surface area (Å²) in [5.74, 6) is -1.23. The average molecular weight is 406 g/mol. The van der Waals surface area contributed by atoms with Crippen molar-refractivity contribution in [1.29, 1.82) is 0 Å². The van der Waals surface area contributed by atoms with Gasteiger partial charge in [0.05, 0.1) is 17.0 Å². The van der Waals surface area contributed by atoms with E-state index in [9.17, 15) is 14.3 Å². The normalized spacial score (nSPS) is 16.5. The predicted octanol–water partition coefficient (Wildman–Crippen LogP) is 2.53. The number of halogens is 1. The number of nitrogens with one attached hydrogen (secondary N) is 1. The second-order valence-electron chi connectivity index (χ2n) is 8.39. The molecule has 0 amide bonds. The number of nitrogens with two attached hydrogens (primary N) is 1. The van der Waals surface area contributed by atoms with E-state index < -0.39 is 11.5 Å². The number of benzene rings is 1. The van der Waals surface area contributed by atoms with Gasteiger partial charge in [0.1, 0.15) is 5.82 Å². The Kier molecular flexibility index (Phi) is 4.27. The van der Waals surface area contributed by atoms with Crippen LogP contribution in [0.3, 0.4) is 0 Å². The van der Waals surface area contributed by atoms with Crippen molar-refractivity contribution in [2.45, 2.75) is 24.8 Å². The number of carboxylic acids is 1. The zero-order chi connectivity index (χ0) is 21.0. The molecular weight excluding hydrogens is 383 g/mol. The molecule has 1 aromatic carbocycles. The lowest BCUT2D eigenvalue weighted by atomic mass is 9.85. The number of aromatic nitrogens is 2. The van der Waals surface area contributed by atoms with E-state index in [1.807, 2.05) is 29.9 Å². The summed E-state index contributed by atoms with van der Waals surface area (Å²) in [6, 6.07) is 8.29. The second kappa shape index (κ2) is 6.75. The smallest absolute Gasteiger partial charge is 0.337 e. The fraction of sp³-hybridized carbons (Fsp3) is 0.304. The number of fused-ring (bicyclic) bond motifs is 3. The SMILES string of the molecule is Cn1c(CC2(N)CNC2)c(C(=O)O)c2c1-c1cc(-c3cccc(F)c3)ncc1CC2. The van der Waals surface area contributed by atoms with E-state index in [2.05, 4.69) is 10.3 Å². The van der Waals surface area contributed by atoms with Crippen LogP contribution >= 0.6 is 0 Å². The highest BCUT2D eigenvalue weighted by atomic mass is 19.1. The Labute approximate surface area is 173 Å². The zero-order valence-electron chi connectivity index (χ0n) is 16.7. The molecule has 3 heterocycles. The van der Waals surface area contributed by atoms with Gasteiger partial charge in [-0.2, -0.15) is 0 Å². The van der Waals surface area contributed by atoms with Crippen molar-refractivity contribution in [2.75, 3.05) is 13.1 Å². The first-order chi connectivity index (χ1) is 14.4. The van der Waals surface area contributed by atoms with Crippen molar-refractivity contribution >= 4 is 5.97 Å². The number of aromatic carboxylic acids is 1. The lowest BCUT2D eigenvalue weighted by Crippen LogP contribution is -2.67. The number of carboxylic acid groups (broad SMARTS) is 1. The van der Waals surface area contributed by atoms with Gasteiger partial charge in [0.15, 0.2) is 0 Å². The summed E-state index contributed by atoms with van der Waals surface area (Å²) in [6.45, 7) is 1.35. The largest absolute Gasteiger partial charge is 0.478 e. The van der Waals surface area contributed by atoms with Gasteiger partial charge in [-0.15, -0.1) is 0 Å². The van der Waals surface area contributed by atoms with Crippen molar-refractivity contribution in [1.82, 2.24) is 14.9 Å². The molecule has 7 heteroatoms. The number of hydrogen-bond donors (Lipinski definition) is 3. The minimum absolute atomic E-state index is 0.315. The predicted molar refractivity (Wildman–Crippen MR) is 112 cm³/mol. The molecule has 1 aliphatic heterocycles. The molecule has 0 saturated carbocycles. The third-order valence-corrected chi connectivity index (χ3v) is 6.31. The topological polar surface area (TPSA) is 93.2 Å². The van der Waals surface area contributed by atoms with Crippen LogP contribution in [0.2, 0.25) is 0 Å². The fourth-order valence-electron chi connectivity index (χ4n) is 4.72. The van der Waals surface area contributed by atoms with Crippen LogP contribution in [0, 0.1) is 5.82 Å². The molecule has 1 fully saturated rings. The molecule has 0 atom stereocenters. The molecule has 0 bridgehead atoms. The number of hydrogen-bond acceptors (Lipinski definition) is 4. The van der Waals surface area contributed by atoms with Gasteiger partial charge in [-0.3, -0.25) is 4.98 Å². The highest BCUT2D eigenvalue weighted by molar-refractivity contribution is 5.95. The average Bonchev–Trinajstić information content (AvgIpc) is 2.98. The maximum absolute atomic E-state index is 13.7. The van der Waals surface area contributed by atoms with Gasteiger partial charge in [-0.1, -0.05) is 12.1 Å². The first-order valence-electron chi connectivity index (χ1n) is 10.0. The van der Waals surface area contributed by atoms with Crippen LogP contribution in [-0.4, -0.2) is 39.3 Å². The molecule has 2 aromatic heterocycles. The highest BCUT2D eigenvalue weighted by Gasteiger charge is 2.37. The summed E-state index contributed by atoms with van der Waals surface area (Å²) < 4.78 is 15.7. The Morgan fingerprint density at radius 2 is 2.13 bits per heavy atom. The van der Waals surface area contributed by atoms with Crippen molar-refractivity contribution in [2.24, 2.45) is 12.8 Å². The standard InChI is InChI=1S/C23H23FN4O2/c1-28-19(9-23(25)11-26-12-23)20(22(29)30)16-6-5-14-10-27-18(8-17(14)21(16)28)13-3-2-4-15(24)7-13/h2-4,7-8,10,26H,5-6,9,11-12,25H2,1H3,(H,29,30). The number of carbonyl (C=O) groups is 1. The van der Waals surface area contributed by atoms with Crippen LogP contribution in [-0.2, 0) is 26.3 Å². The van der Waals surface area contributed by atoms with Crippen molar-refractivity contribution < 1.29 is 14.3 Å². The molecule has 30 heavy (non-hydrogen) atoms. The molecular formula is C23H23FN4O2. The van der Waals surface area contributed by atoms with Gasteiger partial charge in [0.25, 0.3) is 0 Å². The summed E-state index contributed by atoms with van der Waals surface area (Å²) in [5.41, 5.74) is 12.3. The lowest BCUT2D eigenvalue weighted by Gasteiger charge is -2.39. The van der Waals surface area contributed by atoms with Gasteiger partial charge in [-0.05, 0) is 42.2 Å². The summed E-state index contributed by atoms with van der Waals surface area (Å²) in [5, 5.41) is 13.2. The van der Waals surface area contributed by atoms with Crippen molar-refractivity contribution in [3.05, 3.63) is 64.7 Å². The molecule has 1 saturated heterocycles. The Morgan fingerprint density at radius 1 is 1.33 bits per heavy atom. The van der Waals surface area contributed by atoms with Crippen LogP contribution in [0.15, 0.2) is 36.5 Å². The lowest BCUT2D eigenvalue weighted by molar-refractivity contribution is 0.0693. The van der Waals surface area contributed by atoms with E-state index in [1.165, 1.54) is 12.1 Å². The van der Waals surface area contributed by atoms with Gasteiger partial charge in [0.2, 0.25) is 0 Å². The monoisotopic (exact) mass is 406 g/mol. The highest BCUT2D eigenvalue weighted by Crippen LogP contribution is 2.40. The first kappa shape index (κ1) is 19.0. The molecule has 5 rings (SSSR count). The molecule has 154 valence electrons. The van der Waals surface area contributed by atoms with E-state index in [1.54, 1.807) is 6.07 Å². The minimum atomic E-state index is -0.916. The maximum Gasteiger partial charge on any atom is 0.337 e. The molecule has 6 nitrogen and oxygen atoms in total. The van der Waals surface area contributed by atoms with Gasteiger partial charge in [0, 0.05) is 55.1 Å². The molecule has 2 aliphatic rings. The molecule has 0 radical (unpaired) electrons. The number of pyridine rings is 1. The first-order valence-corrected chi connectivity index (χ1v) is 10.0. The van der Waals surface area contributed by atoms with Crippen LogP contribution < -0.4 is 11.1 Å². The minimum Gasteiger partial charge on any atom is -0.478 e. The van der Waals surface area contributed by atoms with Crippen molar-refractivity contribution in [3.8, 4) is 22.5 Å². The van der Waals surface area contributed by atoms with E-state index in [4.69, 9.17) is 5.73 Å². The summed E-state index contributed by atoms with van der Waals surface area (Å²) in [7, 11) is 1.91. The fourth-order valence-corrected chi connectivity index (χ4v) is 4.72. The van der Waals surface area contributed by atoms with Crippen LogP contribution in [0.4, 0.5) is 4.39 Å². The molecule has 0 unspecified atom stereocenters. The molecule has 0 spiro atoms. The molecule has 3 aromatic rings. The van der Waals surface area contributed by atoms with Gasteiger partial charge >= 0.3 is 5.97 Å². The van der Waals surface area contributed by atoms with Crippen molar-refractivity contribution in [3.63, 3.8) is 0 Å². The quantitative estimate of drug-likeness (QED) is 0.619. The molecule has 1 aliphatic carbocycles. The van der Waals surface area contributed by atoms with Crippen LogP contribution in [0.25, 0.3) is 22.5 Å². The Morgan fingerprint density at radius 3 is 2.80 bits per heavy atom. The Bertz CT molecular complexity index is 1180. The third-order valence-electron chi connectivity index (χ3n) is 6.31. The van der Waals surface area contributed by atoms with E-state index in [0.717, 1.165) is 34.5 Å². The zero-order valence-corrected chi connectivity index (χ0v) is 16.7. The van der Waals surface area contributed by atoms with Gasteiger partial charge < -0.3 is 20.7 Å². The third kappa shape index (κ3) is 2.93. The molecule has 4 N–H and O–H groups in total. The maximum atomic E-state index is 13.7. The number of aryl methyl sites for hydroxylation is 1. The van der Waals surface area contributed by atoms with Crippen LogP contribution in [0.1, 0.15) is 27.2 Å². The number of rotatable bonds is 4.